The number of benzene rings is 1. The number of rotatable bonds is 4. The maximum atomic E-state index is 12.3. The lowest BCUT2D eigenvalue weighted by Crippen LogP contribution is -2.12. The Kier molecular flexibility index (Phi) is 3.89. The van der Waals surface area contributed by atoms with Crippen LogP contribution < -0.4 is 10.6 Å². The largest absolute Gasteiger partial charge is 0.330 e. The molecule has 8 heteroatoms. The quantitative estimate of drug-likeness (QED) is 0.576. The summed E-state index contributed by atoms with van der Waals surface area (Å²) in [6, 6.07) is 11.5. The molecule has 3 heterocycles. The number of carbonyl (C=O) groups is 1. The maximum Gasteiger partial charge on any atom is 0.276 e. The molecule has 118 valence electrons. The van der Waals surface area contributed by atoms with Crippen LogP contribution in [0.4, 0.5) is 16.0 Å². The molecule has 0 aliphatic rings. The van der Waals surface area contributed by atoms with Crippen LogP contribution >= 0.6 is 22.7 Å². The lowest BCUT2D eigenvalue weighted by molar-refractivity contribution is 0.102. The smallest absolute Gasteiger partial charge is 0.276 e. The van der Waals surface area contributed by atoms with E-state index in [1.807, 2.05) is 36.4 Å². The van der Waals surface area contributed by atoms with Gasteiger partial charge in [-0.25, -0.2) is 9.97 Å². The molecule has 2 N–H and O–H groups in total. The van der Waals surface area contributed by atoms with Crippen LogP contribution in [0.3, 0.4) is 0 Å². The minimum absolute atomic E-state index is 0.274. The first-order valence-electron chi connectivity index (χ1n) is 7.07. The SMILES string of the molecule is O=C(Nc1nc2ccccc2s1)c1csc(Nc2cccnc2)n1. The summed E-state index contributed by atoms with van der Waals surface area (Å²) in [6.07, 6.45) is 3.40. The van der Waals surface area contributed by atoms with Gasteiger partial charge in [-0.3, -0.25) is 15.1 Å². The zero-order valence-electron chi connectivity index (χ0n) is 12.3. The number of aromatic nitrogens is 3. The molecule has 24 heavy (non-hydrogen) atoms. The van der Waals surface area contributed by atoms with Crippen LogP contribution in [0.5, 0.6) is 0 Å². The second-order valence-corrected chi connectivity index (χ2v) is 6.73. The molecule has 0 atom stereocenters. The number of para-hydroxylation sites is 1. The van der Waals surface area contributed by atoms with Crippen LogP contribution in [0.1, 0.15) is 10.5 Å². The van der Waals surface area contributed by atoms with E-state index < -0.39 is 0 Å². The van der Waals surface area contributed by atoms with E-state index in [0.717, 1.165) is 15.9 Å². The molecular formula is C16H11N5OS2. The third-order valence-electron chi connectivity index (χ3n) is 3.16. The van der Waals surface area contributed by atoms with E-state index in [9.17, 15) is 4.79 Å². The molecule has 0 radical (unpaired) electrons. The van der Waals surface area contributed by atoms with Crippen LogP contribution in [0.15, 0.2) is 54.2 Å². The van der Waals surface area contributed by atoms with Gasteiger partial charge < -0.3 is 5.32 Å². The average molecular weight is 353 g/mol. The molecule has 3 aromatic heterocycles. The zero-order chi connectivity index (χ0) is 16.4. The summed E-state index contributed by atoms with van der Waals surface area (Å²) in [5.41, 5.74) is 2.05. The van der Waals surface area contributed by atoms with Gasteiger partial charge in [0.1, 0.15) is 5.69 Å². The lowest BCUT2D eigenvalue weighted by atomic mass is 10.3. The monoisotopic (exact) mass is 353 g/mol. The predicted octanol–water partition coefficient (Wildman–Crippen LogP) is 4.14. The number of amides is 1. The highest BCUT2D eigenvalue weighted by Gasteiger charge is 2.13. The number of anilines is 3. The second-order valence-electron chi connectivity index (χ2n) is 4.85. The van der Waals surface area contributed by atoms with E-state index in [4.69, 9.17) is 0 Å². The number of nitrogens with one attached hydrogen (secondary N) is 2. The van der Waals surface area contributed by atoms with Gasteiger partial charge in [0.05, 0.1) is 22.1 Å². The standard InChI is InChI=1S/C16H11N5OS2/c22-14(21-16-19-11-5-1-2-6-13(11)24-16)12-9-23-15(20-12)18-10-4-3-7-17-8-10/h1-9H,(H,18,20)(H,19,21,22). The van der Waals surface area contributed by atoms with Gasteiger partial charge in [0.15, 0.2) is 10.3 Å². The number of carbonyl (C=O) groups excluding carboxylic acids is 1. The molecule has 0 aliphatic carbocycles. The lowest BCUT2D eigenvalue weighted by Gasteiger charge is -2.00. The number of hydrogen-bond acceptors (Lipinski definition) is 7. The molecule has 0 aliphatic heterocycles. The Balaban J connectivity index is 1.48. The molecule has 6 nitrogen and oxygen atoms in total. The van der Waals surface area contributed by atoms with E-state index >= 15 is 0 Å². The van der Waals surface area contributed by atoms with Gasteiger partial charge in [0.2, 0.25) is 0 Å². The Morgan fingerprint density at radius 3 is 2.79 bits per heavy atom. The van der Waals surface area contributed by atoms with Crippen molar-refractivity contribution in [3.63, 3.8) is 0 Å². The van der Waals surface area contributed by atoms with Crippen molar-refractivity contribution in [2.45, 2.75) is 0 Å². The first-order valence-corrected chi connectivity index (χ1v) is 8.77. The average Bonchev–Trinajstić information content (AvgIpc) is 3.22. The number of pyridine rings is 1. The number of hydrogen-bond donors (Lipinski definition) is 2. The Hall–Kier alpha value is -2.84. The highest BCUT2D eigenvalue weighted by molar-refractivity contribution is 7.22. The van der Waals surface area contributed by atoms with Crippen LogP contribution in [0, 0.1) is 0 Å². The van der Waals surface area contributed by atoms with Gasteiger partial charge in [0.25, 0.3) is 5.91 Å². The van der Waals surface area contributed by atoms with Crippen molar-refractivity contribution in [2.75, 3.05) is 10.6 Å². The molecule has 1 amide bonds. The third kappa shape index (κ3) is 3.10. The Bertz CT molecular complexity index is 963. The van der Waals surface area contributed by atoms with Gasteiger partial charge in [0, 0.05) is 11.6 Å². The summed E-state index contributed by atoms with van der Waals surface area (Å²) in [6.45, 7) is 0. The number of fused-ring (bicyclic) bond motifs is 1. The van der Waals surface area contributed by atoms with Crippen molar-refractivity contribution in [1.29, 1.82) is 0 Å². The van der Waals surface area contributed by atoms with E-state index in [0.29, 0.717) is 16.0 Å². The van der Waals surface area contributed by atoms with Crippen molar-refractivity contribution in [1.82, 2.24) is 15.0 Å². The van der Waals surface area contributed by atoms with Crippen molar-refractivity contribution in [2.24, 2.45) is 0 Å². The van der Waals surface area contributed by atoms with E-state index in [-0.39, 0.29) is 5.91 Å². The second kappa shape index (κ2) is 6.34. The highest BCUT2D eigenvalue weighted by atomic mass is 32.1. The summed E-state index contributed by atoms with van der Waals surface area (Å²) in [7, 11) is 0. The Morgan fingerprint density at radius 1 is 1.04 bits per heavy atom. The van der Waals surface area contributed by atoms with E-state index in [1.165, 1.54) is 22.7 Å². The molecule has 0 saturated heterocycles. The van der Waals surface area contributed by atoms with Crippen LogP contribution in [0.25, 0.3) is 10.2 Å². The van der Waals surface area contributed by atoms with Crippen molar-refractivity contribution in [3.8, 4) is 0 Å². The van der Waals surface area contributed by atoms with Crippen molar-refractivity contribution in [3.05, 3.63) is 59.9 Å². The molecule has 0 saturated carbocycles. The third-order valence-corrected chi connectivity index (χ3v) is 4.87. The van der Waals surface area contributed by atoms with Crippen molar-refractivity contribution >= 4 is 54.7 Å². The Morgan fingerprint density at radius 2 is 1.96 bits per heavy atom. The summed E-state index contributed by atoms with van der Waals surface area (Å²) in [5, 5.41) is 8.83. The van der Waals surface area contributed by atoms with Crippen LogP contribution in [-0.4, -0.2) is 20.9 Å². The minimum Gasteiger partial charge on any atom is -0.330 e. The normalized spacial score (nSPS) is 10.7. The van der Waals surface area contributed by atoms with Crippen LogP contribution in [-0.2, 0) is 0 Å². The minimum atomic E-state index is -0.274. The zero-order valence-corrected chi connectivity index (χ0v) is 13.9. The van der Waals surface area contributed by atoms with Gasteiger partial charge >= 0.3 is 0 Å². The molecular weight excluding hydrogens is 342 g/mol. The highest BCUT2D eigenvalue weighted by Crippen LogP contribution is 2.26. The van der Waals surface area contributed by atoms with Gasteiger partial charge in [-0.05, 0) is 24.3 Å². The first-order chi connectivity index (χ1) is 11.8. The van der Waals surface area contributed by atoms with E-state index in [1.54, 1.807) is 17.8 Å². The summed E-state index contributed by atoms with van der Waals surface area (Å²) in [4.78, 5) is 25.0. The fraction of sp³-hybridized carbons (Fsp3) is 0. The first kappa shape index (κ1) is 14.7. The molecule has 0 fully saturated rings. The van der Waals surface area contributed by atoms with Crippen molar-refractivity contribution < 1.29 is 4.79 Å². The molecule has 1 aromatic carbocycles. The van der Waals surface area contributed by atoms with Gasteiger partial charge in [-0.1, -0.05) is 23.5 Å². The molecule has 0 bridgehead atoms. The molecule has 0 unspecified atom stereocenters. The number of thiazole rings is 2. The molecule has 4 rings (SSSR count). The topological polar surface area (TPSA) is 79.8 Å². The maximum absolute atomic E-state index is 12.3. The fourth-order valence-electron chi connectivity index (χ4n) is 2.08. The van der Waals surface area contributed by atoms with E-state index in [2.05, 4.69) is 25.6 Å². The predicted molar refractivity (Wildman–Crippen MR) is 97.2 cm³/mol. The molecule has 4 aromatic rings. The molecule has 0 spiro atoms. The summed E-state index contributed by atoms with van der Waals surface area (Å²) >= 11 is 2.80. The van der Waals surface area contributed by atoms with Crippen LogP contribution in [0.2, 0.25) is 0 Å². The number of nitrogens with zero attached hydrogens (tertiary/aromatic N) is 3. The van der Waals surface area contributed by atoms with Gasteiger partial charge in [-0.15, -0.1) is 11.3 Å². The summed E-state index contributed by atoms with van der Waals surface area (Å²) < 4.78 is 1.03. The fourth-order valence-corrected chi connectivity index (χ4v) is 3.65. The Labute approximate surface area is 145 Å². The summed E-state index contributed by atoms with van der Waals surface area (Å²) in [5.74, 6) is -0.274. The van der Waals surface area contributed by atoms with Gasteiger partial charge in [-0.2, -0.15) is 0 Å².